The molecule has 4 fully saturated rings. The molecule has 5 nitrogen and oxygen atoms in total. The number of carbonyl (C=O) groups excluding carboxylic acids is 1. The molecule has 0 unspecified atom stereocenters. The maximum absolute atomic E-state index is 12.2. The number of cyclic esters (lactones) is 1. The summed E-state index contributed by atoms with van der Waals surface area (Å²) in [6, 6.07) is 0.471. The van der Waals surface area contributed by atoms with Crippen LogP contribution >= 0.6 is 0 Å². The Hall–Kier alpha value is -0.910. The van der Waals surface area contributed by atoms with E-state index in [1.54, 1.807) is 6.08 Å². The predicted octanol–water partition coefficient (Wildman–Crippen LogP) is 4.15. The van der Waals surface area contributed by atoms with E-state index in [1.165, 1.54) is 32.1 Å². The number of carbonyl (C=O) groups is 1. The average Bonchev–Trinajstić information content (AvgIpc) is 3.26. The lowest BCUT2D eigenvalue weighted by atomic mass is 9.43. The van der Waals surface area contributed by atoms with Gasteiger partial charge in [-0.3, -0.25) is 0 Å². The van der Waals surface area contributed by atoms with Gasteiger partial charge in [0.2, 0.25) is 0 Å². The van der Waals surface area contributed by atoms with Gasteiger partial charge in [0, 0.05) is 17.5 Å². The lowest BCUT2D eigenvalue weighted by Gasteiger charge is -2.63. The molecule has 0 spiro atoms. The fraction of sp³-hybridized carbons (Fsp3) is 0.880. The van der Waals surface area contributed by atoms with Crippen molar-refractivity contribution in [2.75, 3.05) is 13.2 Å². The quantitative estimate of drug-likeness (QED) is 0.531. The van der Waals surface area contributed by atoms with Gasteiger partial charge in [0.15, 0.2) is 0 Å². The van der Waals surface area contributed by atoms with E-state index in [0.717, 1.165) is 37.2 Å². The first-order chi connectivity index (χ1) is 14.3. The number of hydrogen-bond donors (Lipinski definition) is 2. The van der Waals surface area contributed by atoms with E-state index >= 15 is 0 Å². The van der Waals surface area contributed by atoms with Gasteiger partial charge in [0.1, 0.15) is 6.61 Å². The Bertz CT molecular complexity index is 737. The standard InChI is InChI=1S/C25H39NO4/c1-4-30-26-18-7-10-23(2)17(14-18)5-6-21-20(23)8-11-24(3)19(9-12-25(21,24)28)16-13-22(27)29-15-16/h13,17-21,26,28H,4-12,14-15H2,1-3H3/t17-,18+,19-,20+,21-,23+,24-,25+/m1/s1. The molecule has 1 aliphatic heterocycles. The first-order valence-corrected chi connectivity index (χ1v) is 12.3. The van der Waals surface area contributed by atoms with Crippen LogP contribution in [0.15, 0.2) is 11.6 Å². The van der Waals surface area contributed by atoms with E-state index in [4.69, 9.17) is 9.57 Å². The second kappa shape index (κ2) is 7.31. The van der Waals surface area contributed by atoms with Crippen molar-refractivity contribution in [3.05, 3.63) is 11.6 Å². The van der Waals surface area contributed by atoms with Crippen molar-refractivity contribution in [1.29, 1.82) is 0 Å². The van der Waals surface area contributed by atoms with Crippen LogP contribution in [0.5, 0.6) is 0 Å². The van der Waals surface area contributed by atoms with Gasteiger partial charge in [-0.05, 0) is 99.4 Å². The molecular formula is C25H39NO4. The molecule has 5 heteroatoms. The van der Waals surface area contributed by atoms with Crippen LogP contribution in [0, 0.1) is 34.5 Å². The van der Waals surface area contributed by atoms with Crippen LogP contribution in [0.1, 0.15) is 78.6 Å². The zero-order chi connectivity index (χ0) is 21.1. The Morgan fingerprint density at radius 2 is 1.97 bits per heavy atom. The van der Waals surface area contributed by atoms with Crippen molar-refractivity contribution >= 4 is 5.97 Å². The Morgan fingerprint density at radius 1 is 1.13 bits per heavy atom. The summed E-state index contributed by atoms with van der Waals surface area (Å²) in [7, 11) is 0. The smallest absolute Gasteiger partial charge is 0.331 e. The summed E-state index contributed by atoms with van der Waals surface area (Å²) in [5.74, 6) is 1.79. The molecule has 0 bridgehead atoms. The van der Waals surface area contributed by atoms with Crippen molar-refractivity contribution < 1.29 is 19.5 Å². The van der Waals surface area contributed by atoms with Gasteiger partial charge < -0.3 is 14.7 Å². The van der Waals surface area contributed by atoms with Crippen molar-refractivity contribution in [3.8, 4) is 0 Å². The zero-order valence-corrected chi connectivity index (χ0v) is 18.9. The van der Waals surface area contributed by atoms with Crippen molar-refractivity contribution in [2.45, 2.75) is 90.2 Å². The fourth-order valence-electron chi connectivity index (χ4n) is 8.72. The minimum absolute atomic E-state index is 0.134. The molecule has 168 valence electrons. The molecule has 4 saturated carbocycles. The highest BCUT2D eigenvalue weighted by Gasteiger charge is 2.67. The van der Waals surface area contributed by atoms with Crippen LogP contribution in [-0.2, 0) is 14.4 Å². The lowest BCUT2D eigenvalue weighted by molar-refractivity contribution is -0.206. The minimum atomic E-state index is -0.610. The Kier molecular flexibility index (Phi) is 5.11. The van der Waals surface area contributed by atoms with E-state index in [9.17, 15) is 9.90 Å². The summed E-state index contributed by atoms with van der Waals surface area (Å²) >= 11 is 0. The summed E-state index contributed by atoms with van der Waals surface area (Å²) in [5.41, 5.74) is 4.00. The summed E-state index contributed by atoms with van der Waals surface area (Å²) in [5, 5.41) is 12.2. The summed E-state index contributed by atoms with van der Waals surface area (Å²) in [6.45, 7) is 8.00. The van der Waals surface area contributed by atoms with Crippen LogP contribution in [0.4, 0.5) is 0 Å². The van der Waals surface area contributed by atoms with Gasteiger partial charge in [0.05, 0.1) is 12.2 Å². The SMILES string of the molecule is CCON[C@H]1CC[C@@]2(C)[C@H](CC[C@@H]3[C@@H]2CC[C@]2(C)[C@@H](C4=CC(=O)OC4)CC[C@]32O)C1. The van der Waals surface area contributed by atoms with Gasteiger partial charge in [0.25, 0.3) is 0 Å². The highest BCUT2D eigenvalue weighted by molar-refractivity contribution is 5.85. The third kappa shape index (κ3) is 2.87. The lowest BCUT2D eigenvalue weighted by Crippen LogP contribution is -2.62. The third-order valence-corrected chi connectivity index (χ3v) is 10.4. The molecule has 30 heavy (non-hydrogen) atoms. The second-order valence-corrected chi connectivity index (χ2v) is 11.3. The van der Waals surface area contributed by atoms with Gasteiger partial charge in [-0.1, -0.05) is 13.8 Å². The predicted molar refractivity (Wildman–Crippen MR) is 114 cm³/mol. The number of fused-ring (bicyclic) bond motifs is 5. The normalized spacial score (nSPS) is 50.3. The molecule has 0 amide bonds. The third-order valence-electron chi connectivity index (χ3n) is 10.4. The summed E-state index contributed by atoms with van der Waals surface area (Å²) in [4.78, 5) is 17.2. The van der Waals surface area contributed by atoms with Crippen molar-refractivity contribution in [3.63, 3.8) is 0 Å². The minimum Gasteiger partial charge on any atom is -0.458 e. The van der Waals surface area contributed by atoms with Crippen LogP contribution in [0.25, 0.3) is 0 Å². The van der Waals surface area contributed by atoms with E-state index < -0.39 is 5.60 Å². The molecule has 0 aromatic heterocycles. The first-order valence-electron chi connectivity index (χ1n) is 12.3. The number of hydrogen-bond acceptors (Lipinski definition) is 5. The van der Waals surface area contributed by atoms with E-state index in [2.05, 4.69) is 19.3 Å². The summed E-state index contributed by atoms with van der Waals surface area (Å²) < 4.78 is 5.24. The molecule has 0 aromatic carbocycles. The molecule has 5 rings (SSSR count). The Labute approximate surface area is 180 Å². The molecule has 0 saturated heterocycles. The van der Waals surface area contributed by atoms with Gasteiger partial charge in [-0.2, -0.15) is 5.48 Å². The van der Waals surface area contributed by atoms with Gasteiger partial charge in [-0.25, -0.2) is 4.79 Å². The zero-order valence-electron chi connectivity index (χ0n) is 18.9. The van der Waals surface area contributed by atoms with Gasteiger partial charge in [-0.15, -0.1) is 0 Å². The number of aliphatic hydroxyl groups is 1. The first kappa shape index (κ1) is 21.0. The van der Waals surface area contributed by atoms with E-state index in [-0.39, 0.29) is 17.3 Å². The summed E-state index contributed by atoms with van der Waals surface area (Å²) in [6.07, 6.45) is 11.8. The van der Waals surface area contributed by atoms with Gasteiger partial charge >= 0.3 is 5.97 Å². The maximum atomic E-state index is 12.2. The Morgan fingerprint density at radius 3 is 2.70 bits per heavy atom. The molecule has 0 aromatic rings. The largest absolute Gasteiger partial charge is 0.458 e. The molecule has 8 atom stereocenters. The average molecular weight is 418 g/mol. The molecule has 4 aliphatic carbocycles. The van der Waals surface area contributed by atoms with E-state index in [1.807, 2.05) is 6.92 Å². The number of ether oxygens (including phenoxy) is 1. The van der Waals surface area contributed by atoms with Crippen LogP contribution in [0.2, 0.25) is 0 Å². The van der Waals surface area contributed by atoms with Crippen molar-refractivity contribution in [2.24, 2.45) is 34.5 Å². The Balaban J connectivity index is 1.38. The number of nitrogens with one attached hydrogen (secondary N) is 1. The second-order valence-electron chi connectivity index (χ2n) is 11.3. The number of esters is 1. The number of rotatable bonds is 4. The highest BCUT2D eigenvalue weighted by Crippen LogP contribution is 2.69. The monoisotopic (exact) mass is 417 g/mol. The highest BCUT2D eigenvalue weighted by atomic mass is 16.6. The maximum Gasteiger partial charge on any atom is 0.331 e. The topological polar surface area (TPSA) is 67.8 Å². The van der Waals surface area contributed by atoms with Crippen LogP contribution in [0.3, 0.4) is 0 Å². The molecular weight excluding hydrogens is 378 g/mol. The molecule has 5 aliphatic rings. The molecule has 1 heterocycles. The molecule has 2 N–H and O–H groups in total. The van der Waals surface area contributed by atoms with Crippen molar-refractivity contribution in [1.82, 2.24) is 5.48 Å². The van der Waals surface area contributed by atoms with E-state index in [0.29, 0.717) is 36.5 Å². The number of hydroxylamine groups is 1. The fourth-order valence-corrected chi connectivity index (χ4v) is 8.72. The molecule has 0 radical (unpaired) electrons. The van der Waals surface area contributed by atoms with Crippen LogP contribution < -0.4 is 5.48 Å². The van der Waals surface area contributed by atoms with Crippen LogP contribution in [-0.4, -0.2) is 35.9 Å².